The van der Waals surface area contributed by atoms with E-state index in [4.69, 9.17) is 11.6 Å². The number of nitrogens with zero attached hydrogens (tertiary/aromatic N) is 3. The number of aromatic nitrogens is 3. The molecule has 0 N–H and O–H groups in total. The van der Waals surface area contributed by atoms with Crippen molar-refractivity contribution in [1.29, 1.82) is 0 Å². The number of halogens is 2. The molecular weight excluding hydrogens is 414 g/mol. The molecule has 1 aromatic heterocycles. The van der Waals surface area contributed by atoms with Gasteiger partial charge in [-0.25, -0.2) is 13.1 Å². The molecule has 0 spiro atoms. The van der Waals surface area contributed by atoms with E-state index in [1.54, 1.807) is 31.2 Å². The Morgan fingerprint density at radius 3 is 2.42 bits per heavy atom. The summed E-state index contributed by atoms with van der Waals surface area (Å²) in [4.78, 5) is 0.170. The Hall–Kier alpha value is -1.70. The lowest BCUT2D eigenvalue weighted by atomic mass is 10.2. The minimum absolute atomic E-state index is 0.0656. The van der Waals surface area contributed by atoms with Crippen LogP contribution in [0.1, 0.15) is 11.3 Å². The summed E-state index contributed by atoms with van der Waals surface area (Å²) in [7, 11) is -3.74. The molecule has 0 fully saturated rings. The molecule has 0 aliphatic carbocycles. The number of benzene rings is 2. The highest BCUT2D eigenvalue weighted by atomic mass is 79.9. The van der Waals surface area contributed by atoms with E-state index in [9.17, 15) is 8.42 Å². The van der Waals surface area contributed by atoms with E-state index in [1.165, 1.54) is 16.8 Å². The van der Waals surface area contributed by atoms with Crippen molar-refractivity contribution in [3.63, 3.8) is 0 Å². The van der Waals surface area contributed by atoms with Crippen LogP contribution in [0.15, 0.2) is 56.9 Å². The summed E-state index contributed by atoms with van der Waals surface area (Å²) in [6.45, 7) is 3.57. The molecule has 5 nitrogen and oxygen atoms in total. The molecule has 8 heteroatoms. The molecule has 24 heavy (non-hydrogen) atoms. The van der Waals surface area contributed by atoms with E-state index < -0.39 is 9.84 Å². The summed E-state index contributed by atoms with van der Waals surface area (Å²) in [5.41, 5.74) is 2.05. The normalized spacial score (nSPS) is 11.7. The number of hydrogen-bond donors (Lipinski definition) is 0. The summed E-state index contributed by atoms with van der Waals surface area (Å²) in [5.74, 6) is 0. The fraction of sp³-hybridized carbons (Fsp3) is 0.125. The van der Waals surface area contributed by atoms with E-state index in [1.807, 2.05) is 13.0 Å². The molecule has 1 heterocycles. The van der Waals surface area contributed by atoms with E-state index in [2.05, 4.69) is 26.2 Å². The number of hydrogen-bond acceptors (Lipinski definition) is 4. The van der Waals surface area contributed by atoms with Gasteiger partial charge < -0.3 is 0 Å². The monoisotopic (exact) mass is 425 g/mol. The van der Waals surface area contributed by atoms with Crippen molar-refractivity contribution in [3.05, 3.63) is 63.2 Å². The van der Waals surface area contributed by atoms with E-state index >= 15 is 0 Å². The third kappa shape index (κ3) is 2.99. The van der Waals surface area contributed by atoms with Gasteiger partial charge >= 0.3 is 0 Å². The van der Waals surface area contributed by atoms with Crippen LogP contribution in [0.25, 0.3) is 5.69 Å². The van der Waals surface area contributed by atoms with Crippen LogP contribution in [-0.4, -0.2) is 23.4 Å². The Kier molecular flexibility index (Phi) is 4.50. The van der Waals surface area contributed by atoms with E-state index in [0.717, 1.165) is 10.0 Å². The van der Waals surface area contributed by atoms with Gasteiger partial charge in [0.1, 0.15) is 0 Å². The summed E-state index contributed by atoms with van der Waals surface area (Å²) in [6.07, 6.45) is 0. The zero-order valence-corrected chi connectivity index (χ0v) is 16.0. The van der Waals surface area contributed by atoms with Crippen LogP contribution < -0.4 is 0 Å². The van der Waals surface area contributed by atoms with Gasteiger partial charge in [0, 0.05) is 9.50 Å². The number of sulfone groups is 1. The average Bonchev–Trinajstić information content (AvgIpc) is 2.92. The molecule has 0 amide bonds. The number of rotatable bonds is 3. The van der Waals surface area contributed by atoms with Gasteiger partial charge in [-0.15, -0.1) is 5.10 Å². The van der Waals surface area contributed by atoms with Crippen molar-refractivity contribution < 1.29 is 8.42 Å². The van der Waals surface area contributed by atoms with Crippen molar-refractivity contribution in [2.75, 3.05) is 0 Å². The topological polar surface area (TPSA) is 64.8 Å². The summed E-state index contributed by atoms with van der Waals surface area (Å²) < 4.78 is 27.9. The Bertz CT molecular complexity index is 1010. The maximum atomic E-state index is 12.8. The van der Waals surface area contributed by atoms with Crippen LogP contribution in [0.3, 0.4) is 0 Å². The smallest absolute Gasteiger partial charge is 0.217 e. The lowest BCUT2D eigenvalue weighted by molar-refractivity contribution is 0.591. The predicted octanol–water partition coefficient (Wildman–Crippen LogP) is 4.13. The van der Waals surface area contributed by atoms with Gasteiger partial charge in [0.2, 0.25) is 14.9 Å². The number of aryl methyl sites for hydroxylation is 1. The molecule has 0 aliphatic heterocycles. The van der Waals surface area contributed by atoms with Crippen LogP contribution in [0.5, 0.6) is 0 Å². The largest absolute Gasteiger partial charge is 0.227 e. The molecule has 0 radical (unpaired) electrons. The highest BCUT2D eigenvalue weighted by Crippen LogP contribution is 2.26. The molecular formula is C16H13BrClN3O2S. The lowest BCUT2D eigenvalue weighted by Crippen LogP contribution is -2.06. The van der Waals surface area contributed by atoms with Crippen LogP contribution in [0.2, 0.25) is 5.02 Å². The molecule has 124 valence electrons. The van der Waals surface area contributed by atoms with Gasteiger partial charge in [-0.2, -0.15) is 0 Å². The van der Waals surface area contributed by atoms with Crippen molar-refractivity contribution in [2.24, 2.45) is 0 Å². The second-order valence-electron chi connectivity index (χ2n) is 5.28. The fourth-order valence-electron chi connectivity index (χ4n) is 2.33. The van der Waals surface area contributed by atoms with Crippen LogP contribution in [-0.2, 0) is 9.84 Å². The van der Waals surface area contributed by atoms with Crippen LogP contribution in [0.4, 0.5) is 0 Å². The Morgan fingerprint density at radius 1 is 1.08 bits per heavy atom. The second-order valence-corrected chi connectivity index (χ2v) is 8.50. The SMILES string of the molecule is Cc1ccc(Cl)cc1-n1nnc(S(=O)(=O)c2ccc(Br)cc2)c1C. The van der Waals surface area contributed by atoms with Gasteiger partial charge in [-0.1, -0.05) is 38.8 Å². The molecule has 0 aliphatic rings. The zero-order valence-electron chi connectivity index (χ0n) is 12.9. The molecule has 0 bridgehead atoms. The highest BCUT2D eigenvalue weighted by molar-refractivity contribution is 9.10. The maximum Gasteiger partial charge on any atom is 0.227 e. The lowest BCUT2D eigenvalue weighted by Gasteiger charge is -2.08. The van der Waals surface area contributed by atoms with Crippen molar-refractivity contribution >= 4 is 37.4 Å². The second kappa shape index (κ2) is 6.31. The third-order valence-electron chi connectivity index (χ3n) is 3.63. The zero-order chi connectivity index (χ0) is 17.5. The molecule has 0 unspecified atom stereocenters. The standard InChI is InChI=1S/C16H13BrClN3O2S/c1-10-3-6-13(18)9-15(10)21-11(2)16(19-20-21)24(22,23)14-7-4-12(17)5-8-14/h3-9H,1-2H3. The fourth-order valence-corrected chi connectivity index (χ4v) is 4.10. The first-order valence-electron chi connectivity index (χ1n) is 7.00. The summed E-state index contributed by atoms with van der Waals surface area (Å²) in [5, 5.41) is 8.40. The minimum Gasteiger partial charge on any atom is -0.217 e. The first-order valence-corrected chi connectivity index (χ1v) is 9.65. The average molecular weight is 427 g/mol. The molecule has 0 saturated carbocycles. The van der Waals surface area contributed by atoms with E-state index in [0.29, 0.717) is 16.4 Å². The van der Waals surface area contributed by atoms with Crippen molar-refractivity contribution in [1.82, 2.24) is 15.0 Å². The summed E-state index contributed by atoms with van der Waals surface area (Å²) in [6, 6.07) is 11.8. The first-order chi connectivity index (χ1) is 11.3. The molecule has 0 saturated heterocycles. The third-order valence-corrected chi connectivity index (χ3v) is 6.17. The van der Waals surface area contributed by atoms with Crippen LogP contribution >= 0.6 is 27.5 Å². The van der Waals surface area contributed by atoms with Crippen molar-refractivity contribution in [2.45, 2.75) is 23.8 Å². The summed E-state index contributed by atoms with van der Waals surface area (Å²) >= 11 is 9.34. The predicted molar refractivity (Wildman–Crippen MR) is 95.4 cm³/mol. The van der Waals surface area contributed by atoms with Crippen LogP contribution in [0, 0.1) is 13.8 Å². The van der Waals surface area contributed by atoms with Crippen molar-refractivity contribution in [3.8, 4) is 5.69 Å². The van der Waals surface area contributed by atoms with E-state index in [-0.39, 0.29) is 9.92 Å². The molecule has 3 rings (SSSR count). The Morgan fingerprint density at radius 2 is 1.75 bits per heavy atom. The van der Waals surface area contributed by atoms with Gasteiger partial charge in [-0.3, -0.25) is 0 Å². The first kappa shape index (κ1) is 17.1. The van der Waals surface area contributed by atoms with Gasteiger partial charge in [0.25, 0.3) is 0 Å². The van der Waals surface area contributed by atoms with Gasteiger partial charge in [0.05, 0.1) is 16.3 Å². The Labute approximate surface area is 153 Å². The molecule has 3 aromatic rings. The van der Waals surface area contributed by atoms with Gasteiger partial charge in [-0.05, 0) is 55.8 Å². The maximum absolute atomic E-state index is 12.8. The molecule has 2 aromatic carbocycles. The quantitative estimate of drug-likeness (QED) is 0.631. The highest BCUT2D eigenvalue weighted by Gasteiger charge is 2.26. The molecule has 0 atom stereocenters. The minimum atomic E-state index is -3.74. The Balaban J connectivity index is 2.13. The van der Waals surface area contributed by atoms with Gasteiger partial charge in [0.15, 0.2) is 0 Å².